The van der Waals surface area contributed by atoms with Crippen LogP contribution in [0.3, 0.4) is 0 Å². The highest BCUT2D eigenvalue weighted by Crippen LogP contribution is 2.29. The van der Waals surface area contributed by atoms with Crippen LogP contribution in [0.5, 0.6) is 0 Å². The number of benzene rings is 1. The van der Waals surface area contributed by atoms with Crippen LogP contribution >= 0.6 is 11.6 Å². The molecule has 0 radical (unpaired) electrons. The van der Waals surface area contributed by atoms with Crippen LogP contribution in [0.25, 0.3) is 0 Å². The van der Waals surface area contributed by atoms with Crippen LogP contribution < -0.4 is 5.73 Å². The van der Waals surface area contributed by atoms with E-state index in [9.17, 15) is 4.79 Å². The molecule has 18 heavy (non-hydrogen) atoms. The van der Waals surface area contributed by atoms with Crippen molar-refractivity contribution in [2.75, 3.05) is 13.9 Å². The Morgan fingerprint density at radius 3 is 2.67 bits per heavy atom. The standard InChI is InChI=1S/C12H16ClNO4/c1-8(18-12(14)15)11(17-7-16-2)9-5-3-4-6-10(9)13/h3-6,8,11H,7H2,1-2H3,(H2,14,15). The van der Waals surface area contributed by atoms with Gasteiger partial charge in [0.2, 0.25) is 0 Å². The van der Waals surface area contributed by atoms with Gasteiger partial charge in [-0.05, 0) is 13.0 Å². The Bertz CT molecular complexity index is 399. The molecule has 5 nitrogen and oxygen atoms in total. The Labute approximate surface area is 111 Å². The van der Waals surface area contributed by atoms with Crippen LogP contribution in [0.1, 0.15) is 18.6 Å². The second kappa shape index (κ2) is 7.20. The fourth-order valence-electron chi connectivity index (χ4n) is 1.57. The van der Waals surface area contributed by atoms with Crippen molar-refractivity contribution in [2.45, 2.75) is 19.1 Å². The Hall–Kier alpha value is -1.30. The van der Waals surface area contributed by atoms with Gasteiger partial charge in [-0.2, -0.15) is 0 Å². The molecule has 0 saturated carbocycles. The minimum atomic E-state index is -0.861. The maximum absolute atomic E-state index is 10.8. The summed E-state index contributed by atoms with van der Waals surface area (Å²) in [5.41, 5.74) is 5.71. The van der Waals surface area contributed by atoms with E-state index in [1.807, 2.05) is 6.07 Å². The summed E-state index contributed by atoms with van der Waals surface area (Å²) in [7, 11) is 1.50. The van der Waals surface area contributed by atoms with Crippen molar-refractivity contribution in [3.05, 3.63) is 34.9 Å². The molecule has 0 bridgehead atoms. The van der Waals surface area contributed by atoms with Crippen LogP contribution in [0.15, 0.2) is 24.3 Å². The summed E-state index contributed by atoms with van der Waals surface area (Å²) in [5.74, 6) is 0. The lowest BCUT2D eigenvalue weighted by molar-refractivity contribution is -0.111. The first kappa shape index (κ1) is 14.8. The molecule has 2 atom stereocenters. The SMILES string of the molecule is COCOC(c1ccccc1Cl)C(C)OC(N)=O. The first-order chi connectivity index (χ1) is 8.56. The van der Waals surface area contributed by atoms with Gasteiger partial charge in [0.25, 0.3) is 0 Å². The van der Waals surface area contributed by atoms with E-state index < -0.39 is 18.3 Å². The highest BCUT2D eigenvalue weighted by atomic mass is 35.5. The zero-order valence-electron chi connectivity index (χ0n) is 10.3. The van der Waals surface area contributed by atoms with Gasteiger partial charge in [-0.25, -0.2) is 4.79 Å². The molecule has 0 saturated heterocycles. The largest absolute Gasteiger partial charge is 0.444 e. The number of carbonyl (C=O) groups excluding carboxylic acids is 1. The van der Waals surface area contributed by atoms with Crippen LogP contribution in [0.4, 0.5) is 4.79 Å². The van der Waals surface area contributed by atoms with Crippen LogP contribution in [-0.2, 0) is 14.2 Å². The second-order valence-electron chi connectivity index (χ2n) is 3.66. The molecular formula is C12H16ClNO4. The number of methoxy groups -OCH3 is 1. The Balaban J connectivity index is 2.90. The molecule has 2 unspecified atom stereocenters. The number of hydrogen-bond donors (Lipinski definition) is 1. The molecule has 0 spiro atoms. The number of nitrogens with two attached hydrogens (primary N) is 1. The molecule has 1 aromatic carbocycles. The molecule has 0 aliphatic rings. The van der Waals surface area contributed by atoms with Crippen LogP contribution in [0, 0.1) is 0 Å². The van der Waals surface area contributed by atoms with E-state index in [1.54, 1.807) is 25.1 Å². The highest BCUT2D eigenvalue weighted by molar-refractivity contribution is 6.31. The van der Waals surface area contributed by atoms with Crippen molar-refractivity contribution in [1.29, 1.82) is 0 Å². The van der Waals surface area contributed by atoms with Gasteiger partial charge in [0.15, 0.2) is 0 Å². The molecular weight excluding hydrogens is 258 g/mol. The number of rotatable bonds is 6. The van der Waals surface area contributed by atoms with Gasteiger partial charge in [-0.15, -0.1) is 0 Å². The van der Waals surface area contributed by atoms with E-state index in [0.29, 0.717) is 10.6 Å². The highest BCUT2D eigenvalue weighted by Gasteiger charge is 2.24. The third-order valence-electron chi connectivity index (χ3n) is 2.31. The fourth-order valence-corrected chi connectivity index (χ4v) is 1.81. The maximum atomic E-state index is 10.8. The number of halogens is 1. The number of primary amides is 1. The summed E-state index contributed by atoms with van der Waals surface area (Å²) in [5, 5.41) is 0.526. The minimum Gasteiger partial charge on any atom is -0.444 e. The van der Waals surface area contributed by atoms with Gasteiger partial charge < -0.3 is 19.9 Å². The van der Waals surface area contributed by atoms with Crippen molar-refractivity contribution >= 4 is 17.7 Å². The van der Waals surface area contributed by atoms with E-state index in [4.69, 9.17) is 31.5 Å². The predicted molar refractivity (Wildman–Crippen MR) is 67.3 cm³/mol. The van der Waals surface area contributed by atoms with Gasteiger partial charge in [0.05, 0.1) is 0 Å². The lowest BCUT2D eigenvalue weighted by Crippen LogP contribution is -2.28. The van der Waals surface area contributed by atoms with Crippen molar-refractivity contribution in [3.8, 4) is 0 Å². The van der Waals surface area contributed by atoms with Crippen LogP contribution in [0.2, 0.25) is 5.02 Å². The zero-order chi connectivity index (χ0) is 13.5. The number of ether oxygens (including phenoxy) is 3. The molecule has 1 rings (SSSR count). The lowest BCUT2D eigenvalue weighted by Gasteiger charge is -2.24. The average molecular weight is 274 g/mol. The smallest absolute Gasteiger partial charge is 0.404 e. The van der Waals surface area contributed by atoms with E-state index >= 15 is 0 Å². The summed E-state index contributed by atoms with van der Waals surface area (Å²) in [4.78, 5) is 10.8. The molecule has 6 heteroatoms. The van der Waals surface area contributed by atoms with Crippen molar-refractivity contribution in [1.82, 2.24) is 0 Å². The maximum Gasteiger partial charge on any atom is 0.404 e. The number of amides is 1. The molecule has 0 heterocycles. The predicted octanol–water partition coefficient (Wildman–Crippen LogP) is 2.49. The Kier molecular flexibility index (Phi) is 5.91. The summed E-state index contributed by atoms with van der Waals surface area (Å²) in [6.07, 6.45) is -1.97. The van der Waals surface area contributed by atoms with Gasteiger partial charge in [-0.3, -0.25) is 0 Å². The molecule has 2 N–H and O–H groups in total. The molecule has 0 aliphatic carbocycles. The van der Waals surface area contributed by atoms with E-state index in [0.717, 1.165) is 0 Å². The Morgan fingerprint density at radius 2 is 2.11 bits per heavy atom. The summed E-state index contributed by atoms with van der Waals surface area (Å²) < 4.78 is 15.3. The topological polar surface area (TPSA) is 70.8 Å². The van der Waals surface area contributed by atoms with Gasteiger partial charge in [-0.1, -0.05) is 29.8 Å². The van der Waals surface area contributed by atoms with Crippen molar-refractivity contribution < 1.29 is 19.0 Å². The van der Waals surface area contributed by atoms with E-state index in [1.165, 1.54) is 7.11 Å². The van der Waals surface area contributed by atoms with E-state index in [2.05, 4.69) is 0 Å². The van der Waals surface area contributed by atoms with E-state index in [-0.39, 0.29) is 6.79 Å². The molecule has 1 aromatic rings. The summed E-state index contributed by atoms with van der Waals surface area (Å²) in [6, 6.07) is 7.15. The normalized spacial score (nSPS) is 13.9. The fraction of sp³-hybridized carbons (Fsp3) is 0.417. The molecule has 0 fully saturated rings. The van der Waals surface area contributed by atoms with Gasteiger partial charge >= 0.3 is 6.09 Å². The molecule has 100 valence electrons. The Morgan fingerprint density at radius 1 is 1.44 bits per heavy atom. The minimum absolute atomic E-state index is 0.0579. The second-order valence-corrected chi connectivity index (χ2v) is 4.06. The van der Waals surface area contributed by atoms with Gasteiger partial charge in [0.1, 0.15) is 19.0 Å². The third-order valence-corrected chi connectivity index (χ3v) is 2.65. The quantitative estimate of drug-likeness (QED) is 0.809. The lowest BCUT2D eigenvalue weighted by atomic mass is 10.1. The average Bonchev–Trinajstić information content (AvgIpc) is 2.31. The zero-order valence-corrected chi connectivity index (χ0v) is 11.0. The molecule has 0 aromatic heterocycles. The molecule has 0 aliphatic heterocycles. The first-order valence-electron chi connectivity index (χ1n) is 5.37. The number of carbonyl (C=O) groups is 1. The van der Waals surface area contributed by atoms with Crippen molar-refractivity contribution in [3.63, 3.8) is 0 Å². The van der Waals surface area contributed by atoms with Gasteiger partial charge in [0, 0.05) is 17.7 Å². The third kappa shape index (κ3) is 4.18. The molecule has 1 amide bonds. The monoisotopic (exact) mass is 273 g/mol. The van der Waals surface area contributed by atoms with Crippen LogP contribution in [-0.4, -0.2) is 26.1 Å². The summed E-state index contributed by atoms with van der Waals surface area (Å²) in [6.45, 7) is 1.73. The van der Waals surface area contributed by atoms with Crippen molar-refractivity contribution in [2.24, 2.45) is 5.73 Å². The first-order valence-corrected chi connectivity index (χ1v) is 5.75. The number of hydrogen-bond acceptors (Lipinski definition) is 4. The summed E-state index contributed by atoms with van der Waals surface area (Å²) >= 11 is 6.09.